The molecule has 9 heteroatoms. The van der Waals surface area contributed by atoms with Gasteiger partial charge in [0.1, 0.15) is 11.6 Å². The van der Waals surface area contributed by atoms with Crippen molar-refractivity contribution in [1.82, 2.24) is 15.1 Å². The lowest BCUT2D eigenvalue weighted by Crippen LogP contribution is -2.55. The molecule has 2 saturated heterocycles. The summed E-state index contributed by atoms with van der Waals surface area (Å²) < 4.78 is 5.45. The summed E-state index contributed by atoms with van der Waals surface area (Å²) in [5, 5.41) is 3.43. The van der Waals surface area contributed by atoms with Crippen LogP contribution in [0.1, 0.15) is 40.0 Å². The molecule has 0 saturated carbocycles. The molecular formula is C23H33ClN4O4. The number of piperazine rings is 1. The van der Waals surface area contributed by atoms with E-state index in [0.29, 0.717) is 31.1 Å². The van der Waals surface area contributed by atoms with Crippen molar-refractivity contribution in [1.29, 1.82) is 0 Å². The fraction of sp³-hybridized carbons (Fsp3) is 0.609. The summed E-state index contributed by atoms with van der Waals surface area (Å²) in [6.45, 7) is 8.42. The molecule has 3 rings (SSSR count). The number of benzene rings is 1. The minimum absolute atomic E-state index is 0.0710. The highest BCUT2D eigenvalue weighted by Gasteiger charge is 2.35. The number of nitrogens with zero attached hydrogens (tertiary/aromatic N) is 3. The van der Waals surface area contributed by atoms with Crippen molar-refractivity contribution in [3.63, 3.8) is 0 Å². The number of likely N-dealkylation sites (tertiary alicyclic amines) is 1. The maximum atomic E-state index is 12.8. The second-order valence-corrected chi connectivity index (χ2v) is 9.68. The molecule has 32 heavy (non-hydrogen) atoms. The Morgan fingerprint density at radius 3 is 2.31 bits per heavy atom. The summed E-state index contributed by atoms with van der Waals surface area (Å²) in [4.78, 5) is 43.4. The second kappa shape index (κ2) is 10.4. The fourth-order valence-electron chi connectivity index (χ4n) is 4.00. The molecule has 1 aromatic carbocycles. The lowest BCUT2D eigenvalue weighted by molar-refractivity contribution is -0.134. The largest absolute Gasteiger partial charge is 0.444 e. The van der Waals surface area contributed by atoms with Crippen molar-refractivity contribution >= 4 is 35.2 Å². The Labute approximate surface area is 194 Å². The number of carbonyl (C=O) groups excluding carboxylic acids is 3. The van der Waals surface area contributed by atoms with Crippen LogP contribution in [0.3, 0.4) is 0 Å². The van der Waals surface area contributed by atoms with E-state index in [2.05, 4.69) is 10.2 Å². The van der Waals surface area contributed by atoms with E-state index in [4.69, 9.17) is 16.3 Å². The van der Waals surface area contributed by atoms with Gasteiger partial charge in [-0.15, -0.1) is 0 Å². The van der Waals surface area contributed by atoms with Crippen LogP contribution in [-0.4, -0.2) is 78.6 Å². The van der Waals surface area contributed by atoms with Crippen LogP contribution in [0.25, 0.3) is 0 Å². The van der Waals surface area contributed by atoms with Crippen LogP contribution in [-0.2, 0) is 14.3 Å². The number of carbonyl (C=O) groups is 3. The van der Waals surface area contributed by atoms with Gasteiger partial charge in [0, 0.05) is 43.4 Å². The zero-order chi connectivity index (χ0) is 23.3. The van der Waals surface area contributed by atoms with Gasteiger partial charge in [0.05, 0.1) is 6.54 Å². The first-order valence-corrected chi connectivity index (χ1v) is 11.6. The number of hydrogen-bond donors (Lipinski definition) is 1. The van der Waals surface area contributed by atoms with Gasteiger partial charge in [0.2, 0.25) is 11.8 Å². The zero-order valence-corrected chi connectivity index (χ0v) is 19.9. The SMILES string of the molecule is CC(C)(C)OC(=O)N1CCCCC1C(=O)NCC(=O)N1CCN(c2ccc(Cl)cc2)CC1. The van der Waals surface area contributed by atoms with Gasteiger partial charge in [0.25, 0.3) is 0 Å². The zero-order valence-electron chi connectivity index (χ0n) is 19.1. The maximum Gasteiger partial charge on any atom is 0.410 e. The predicted octanol–water partition coefficient (Wildman–Crippen LogP) is 2.89. The monoisotopic (exact) mass is 464 g/mol. The molecule has 2 aliphatic rings. The summed E-state index contributed by atoms with van der Waals surface area (Å²) >= 11 is 5.95. The van der Waals surface area contributed by atoms with E-state index in [1.807, 2.05) is 24.3 Å². The molecule has 3 amide bonds. The van der Waals surface area contributed by atoms with Crippen LogP contribution < -0.4 is 10.2 Å². The number of halogens is 1. The maximum absolute atomic E-state index is 12.8. The first-order chi connectivity index (χ1) is 15.1. The molecule has 1 atom stereocenters. The lowest BCUT2D eigenvalue weighted by Gasteiger charge is -2.37. The molecule has 2 heterocycles. The van der Waals surface area contributed by atoms with Gasteiger partial charge in [-0.1, -0.05) is 11.6 Å². The molecule has 1 N–H and O–H groups in total. The van der Waals surface area contributed by atoms with Crippen molar-refractivity contribution in [2.45, 2.75) is 51.7 Å². The molecular weight excluding hydrogens is 432 g/mol. The van der Waals surface area contributed by atoms with E-state index >= 15 is 0 Å². The van der Waals surface area contributed by atoms with E-state index in [-0.39, 0.29) is 18.4 Å². The van der Waals surface area contributed by atoms with E-state index in [1.165, 1.54) is 4.90 Å². The molecule has 0 aromatic heterocycles. The van der Waals surface area contributed by atoms with E-state index in [9.17, 15) is 14.4 Å². The number of hydrogen-bond acceptors (Lipinski definition) is 5. The lowest BCUT2D eigenvalue weighted by atomic mass is 10.0. The molecule has 0 bridgehead atoms. The van der Waals surface area contributed by atoms with E-state index < -0.39 is 17.7 Å². The van der Waals surface area contributed by atoms with E-state index in [1.54, 1.807) is 25.7 Å². The topological polar surface area (TPSA) is 82.2 Å². The highest BCUT2D eigenvalue weighted by molar-refractivity contribution is 6.30. The molecule has 0 spiro atoms. The van der Waals surface area contributed by atoms with Gasteiger partial charge < -0.3 is 19.9 Å². The van der Waals surface area contributed by atoms with Crippen LogP contribution in [0, 0.1) is 0 Å². The van der Waals surface area contributed by atoms with Crippen LogP contribution in [0.15, 0.2) is 24.3 Å². The first-order valence-electron chi connectivity index (χ1n) is 11.2. The van der Waals surface area contributed by atoms with Gasteiger partial charge in [-0.25, -0.2) is 4.79 Å². The highest BCUT2D eigenvalue weighted by Crippen LogP contribution is 2.21. The third-order valence-electron chi connectivity index (χ3n) is 5.67. The van der Waals surface area contributed by atoms with Gasteiger partial charge in [0.15, 0.2) is 0 Å². The molecule has 1 unspecified atom stereocenters. The quantitative estimate of drug-likeness (QED) is 0.740. The van der Waals surface area contributed by atoms with Gasteiger partial charge >= 0.3 is 6.09 Å². The van der Waals surface area contributed by atoms with Crippen molar-refractivity contribution < 1.29 is 19.1 Å². The number of ether oxygens (including phenoxy) is 1. The third kappa shape index (κ3) is 6.51. The Balaban J connectivity index is 1.48. The summed E-state index contributed by atoms with van der Waals surface area (Å²) in [5.74, 6) is -0.419. The van der Waals surface area contributed by atoms with Crippen LogP contribution >= 0.6 is 11.6 Å². The van der Waals surface area contributed by atoms with Crippen molar-refractivity contribution in [3.8, 4) is 0 Å². The van der Waals surface area contributed by atoms with Gasteiger partial charge in [-0.3, -0.25) is 14.5 Å². The number of nitrogens with one attached hydrogen (secondary N) is 1. The smallest absolute Gasteiger partial charge is 0.410 e. The minimum Gasteiger partial charge on any atom is -0.444 e. The first kappa shape index (κ1) is 24.2. The van der Waals surface area contributed by atoms with Gasteiger partial charge in [-0.2, -0.15) is 0 Å². The number of anilines is 1. The van der Waals surface area contributed by atoms with E-state index in [0.717, 1.165) is 31.6 Å². The Morgan fingerprint density at radius 2 is 1.69 bits per heavy atom. The highest BCUT2D eigenvalue weighted by atomic mass is 35.5. The summed E-state index contributed by atoms with van der Waals surface area (Å²) in [6.07, 6.45) is 1.78. The average molecular weight is 465 g/mol. The van der Waals surface area contributed by atoms with Crippen molar-refractivity contribution in [2.75, 3.05) is 44.2 Å². The van der Waals surface area contributed by atoms with Crippen molar-refractivity contribution in [3.05, 3.63) is 29.3 Å². The average Bonchev–Trinajstić information content (AvgIpc) is 2.76. The normalized spacial score (nSPS) is 19.5. The Morgan fingerprint density at radius 1 is 1.03 bits per heavy atom. The number of rotatable bonds is 4. The summed E-state index contributed by atoms with van der Waals surface area (Å²) in [5.41, 5.74) is 0.453. The molecule has 0 radical (unpaired) electrons. The number of piperidine rings is 1. The van der Waals surface area contributed by atoms with Crippen LogP contribution in [0.4, 0.5) is 10.5 Å². The van der Waals surface area contributed by atoms with Gasteiger partial charge in [-0.05, 0) is 64.3 Å². The minimum atomic E-state index is -0.625. The molecule has 0 aliphatic carbocycles. The van der Waals surface area contributed by atoms with Crippen molar-refractivity contribution in [2.24, 2.45) is 0 Å². The standard InChI is InChI=1S/C23H33ClN4O4/c1-23(2,3)32-22(31)28-11-5-4-6-19(28)21(30)25-16-20(29)27-14-12-26(13-15-27)18-9-7-17(24)8-10-18/h7-10,19H,4-6,11-16H2,1-3H3,(H,25,30). The summed E-state index contributed by atoms with van der Waals surface area (Å²) in [6, 6.07) is 7.06. The third-order valence-corrected chi connectivity index (χ3v) is 5.92. The fourth-order valence-corrected chi connectivity index (χ4v) is 4.13. The van der Waals surface area contributed by atoms with Crippen LogP contribution in [0.2, 0.25) is 5.02 Å². The molecule has 176 valence electrons. The summed E-state index contributed by atoms with van der Waals surface area (Å²) in [7, 11) is 0. The predicted molar refractivity (Wildman–Crippen MR) is 124 cm³/mol. The Bertz CT molecular complexity index is 816. The number of amides is 3. The Hall–Kier alpha value is -2.48. The molecule has 8 nitrogen and oxygen atoms in total. The molecule has 2 aliphatic heterocycles. The second-order valence-electron chi connectivity index (χ2n) is 9.25. The molecule has 2 fully saturated rings. The van der Waals surface area contributed by atoms with Crippen LogP contribution in [0.5, 0.6) is 0 Å². The Kier molecular flexibility index (Phi) is 7.87. The molecule has 1 aromatic rings.